The molecule has 2 N–H and O–H groups in total. The Kier molecular flexibility index (Phi) is 4.62. The zero-order chi connectivity index (χ0) is 12.0. The molecule has 0 aliphatic rings. The first kappa shape index (κ1) is 12.3. The summed E-state index contributed by atoms with van der Waals surface area (Å²) in [5.41, 5.74) is 6.81. The SMILES string of the molecule is COc1cc(CC(C)N)ccc1OCC#N. The average Bonchev–Trinajstić information content (AvgIpc) is 2.26. The Morgan fingerprint density at radius 2 is 2.19 bits per heavy atom. The van der Waals surface area contributed by atoms with Gasteiger partial charge in [0.25, 0.3) is 0 Å². The van der Waals surface area contributed by atoms with E-state index in [1.165, 1.54) is 0 Å². The van der Waals surface area contributed by atoms with Crippen LogP contribution in [-0.2, 0) is 6.42 Å². The molecular formula is C12H16N2O2. The van der Waals surface area contributed by atoms with Crippen molar-refractivity contribution in [1.29, 1.82) is 5.26 Å². The van der Waals surface area contributed by atoms with Gasteiger partial charge < -0.3 is 15.2 Å². The lowest BCUT2D eigenvalue weighted by Gasteiger charge is -2.11. The minimum absolute atomic E-state index is 0.0169. The highest BCUT2D eigenvalue weighted by Gasteiger charge is 2.06. The fourth-order valence-electron chi connectivity index (χ4n) is 1.44. The molecule has 1 unspecified atom stereocenters. The quantitative estimate of drug-likeness (QED) is 0.816. The van der Waals surface area contributed by atoms with Crippen molar-refractivity contribution in [2.75, 3.05) is 13.7 Å². The van der Waals surface area contributed by atoms with Crippen LogP contribution in [0.3, 0.4) is 0 Å². The van der Waals surface area contributed by atoms with E-state index in [2.05, 4.69) is 0 Å². The first-order chi connectivity index (χ1) is 7.67. The monoisotopic (exact) mass is 220 g/mol. The zero-order valence-corrected chi connectivity index (χ0v) is 9.56. The van der Waals surface area contributed by atoms with E-state index >= 15 is 0 Å². The van der Waals surface area contributed by atoms with Gasteiger partial charge in [0.2, 0.25) is 0 Å². The standard InChI is InChI=1S/C12H16N2O2/c1-9(14)7-10-3-4-11(16-6-5-13)12(8-10)15-2/h3-4,8-9H,6-7,14H2,1-2H3. The summed E-state index contributed by atoms with van der Waals surface area (Å²) in [6.45, 7) is 1.97. The number of nitriles is 1. The van der Waals surface area contributed by atoms with Crippen molar-refractivity contribution < 1.29 is 9.47 Å². The van der Waals surface area contributed by atoms with Crippen LogP contribution in [0.1, 0.15) is 12.5 Å². The van der Waals surface area contributed by atoms with Gasteiger partial charge in [0, 0.05) is 6.04 Å². The van der Waals surface area contributed by atoms with Gasteiger partial charge in [-0.05, 0) is 31.0 Å². The summed E-state index contributed by atoms with van der Waals surface area (Å²) in [5.74, 6) is 1.21. The summed E-state index contributed by atoms with van der Waals surface area (Å²) in [5, 5.41) is 8.43. The van der Waals surface area contributed by atoms with Gasteiger partial charge in [0.05, 0.1) is 7.11 Å². The van der Waals surface area contributed by atoms with Gasteiger partial charge in [-0.15, -0.1) is 0 Å². The Bertz CT molecular complexity index is 383. The Morgan fingerprint density at radius 1 is 1.44 bits per heavy atom. The normalized spacial score (nSPS) is 11.6. The fraction of sp³-hybridized carbons (Fsp3) is 0.417. The molecule has 4 heteroatoms. The Hall–Kier alpha value is -1.73. The van der Waals surface area contributed by atoms with E-state index in [4.69, 9.17) is 20.5 Å². The molecule has 1 aromatic rings. The number of ether oxygens (including phenoxy) is 2. The molecule has 0 saturated heterocycles. The molecule has 1 aromatic carbocycles. The van der Waals surface area contributed by atoms with E-state index in [0.717, 1.165) is 12.0 Å². The summed E-state index contributed by atoms with van der Waals surface area (Å²) in [4.78, 5) is 0. The van der Waals surface area contributed by atoms with Crippen LogP contribution in [0.5, 0.6) is 11.5 Å². The van der Waals surface area contributed by atoms with Crippen molar-refractivity contribution in [3.05, 3.63) is 23.8 Å². The molecule has 1 rings (SSSR count). The van der Waals surface area contributed by atoms with Crippen LogP contribution in [0.15, 0.2) is 18.2 Å². The molecule has 0 aromatic heterocycles. The van der Waals surface area contributed by atoms with Crippen LogP contribution < -0.4 is 15.2 Å². The maximum Gasteiger partial charge on any atom is 0.174 e. The van der Waals surface area contributed by atoms with Crippen LogP contribution in [0.25, 0.3) is 0 Å². The molecule has 0 spiro atoms. The lowest BCUT2D eigenvalue weighted by atomic mass is 10.1. The highest BCUT2D eigenvalue weighted by molar-refractivity contribution is 5.43. The highest BCUT2D eigenvalue weighted by atomic mass is 16.5. The van der Waals surface area contributed by atoms with Crippen molar-refractivity contribution in [1.82, 2.24) is 0 Å². The maximum absolute atomic E-state index is 8.43. The summed E-state index contributed by atoms with van der Waals surface area (Å²) in [7, 11) is 1.57. The van der Waals surface area contributed by atoms with E-state index in [-0.39, 0.29) is 12.6 Å². The van der Waals surface area contributed by atoms with Crippen LogP contribution in [0.2, 0.25) is 0 Å². The third kappa shape index (κ3) is 3.44. The minimum atomic E-state index is 0.0169. The summed E-state index contributed by atoms with van der Waals surface area (Å²) in [6.07, 6.45) is 0.787. The molecule has 0 saturated carbocycles. The van der Waals surface area contributed by atoms with Gasteiger partial charge in [-0.25, -0.2) is 0 Å². The zero-order valence-electron chi connectivity index (χ0n) is 9.56. The predicted octanol–water partition coefficient (Wildman–Crippen LogP) is 1.49. The molecule has 0 aliphatic carbocycles. The highest BCUT2D eigenvalue weighted by Crippen LogP contribution is 2.28. The number of rotatable bonds is 5. The van der Waals surface area contributed by atoms with E-state index < -0.39 is 0 Å². The van der Waals surface area contributed by atoms with Crippen LogP contribution >= 0.6 is 0 Å². The number of benzene rings is 1. The predicted molar refractivity (Wildman–Crippen MR) is 61.5 cm³/mol. The van der Waals surface area contributed by atoms with Gasteiger partial charge in [-0.3, -0.25) is 0 Å². The van der Waals surface area contributed by atoms with Gasteiger partial charge in [-0.2, -0.15) is 5.26 Å². The number of nitrogens with two attached hydrogens (primary N) is 1. The summed E-state index contributed by atoms with van der Waals surface area (Å²) >= 11 is 0. The Balaban J connectivity index is 2.84. The molecule has 0 bridgehead atoms. The first-order valence-corrected chi connectivity index (χ1v) is 5.09. The first-order valence-electron chi connectivity index (χ1n) is 5.09. The topological polar surface area (TPSA) is 68.3 Å². The molecule has 0 radical (unpaired) electrons. The molecule has 16 heavy (non-hydrogen) atoms. The Labute approximate surface area is 95.6 Å². The summed E-state index contributed by atoms with van der Waals surface area (Å²) < 4.78 is 10.4. The number of nitrogens with zero attached hydrogens (tertiary/aromatic N) is 1. The maximum atomic E-state index is 8.43. The third-order valence-electron chi connectivity index (χ3n) is 2.08. The molecule has 1 atom stereocenters. The van der Waals surface area contributed by atoms with E-state index in [0.29, 0.717) is 11.5 Å². The minimum Gasteiger partial charge on any atom is -0.493 e. The van der Waals surface area contributed by atoms with E-state index in [9.17, 15) is 0 Å². The fourth-order valence-corrected chi connectivity index (χ4v) is 1.44. The third-order valence-corrected chi connectivity index (χ3v) is 2.08. The molecule has 0 aliphatic heterocycles. The Morgan fingerprint density at radius 3 is 2.75 bits per heavy atom. The largest absolute Gasteiger partial charge is 0.493 e. The second-order valence-corrected chi connectivity index (χ2v) is 3.61. The second kappa shape index (κ2) is 5.99. The van der Waals surface area contributed by atoms with Gasteiger partial charge in [0.15, 0.2) is 18.1 Å². The van der Waals surface area contributed by atoms with Crippen LogP contribution in [0.4, 0.5) is 0 Å². The van der Waals surface area contributed by atoms with Crippen molar-refractivity contribution in [3.8, 4) is 17.6 Å². The van der Waals surface area contributed by atoms with Gasteiger partial charge >= 0.3 is 0 Å². The molecule has 0 amide bonds. The van der Waals surface area contributed by atoms with Crippen LogP contribution in [-0.4, -0.2) is 19.8 Å². The van der Waals surface area contributed by atoms with E-state index in [1.54, 1.807) is 13.2 Å². The molecule has 0 heterocycles. The van der Waals surface area contributed by atoms with Crippen molar-refractivity contribution in [2.45, 2.75) is 19.4 Å². The van der Waals surface area contributed by atoms with Gasteiger partial charge in [-0.1, -0.05) is 6.07 Å². The molecule has 0 fully saturated rings. The second-order valence-electron chi connectivity index (χ2n) is 3.61. The van der Waals surface area contributed by atoms with Crippen molar-refractivity contribution >= 4 is 0 Å². The number of hydrogen-bond acceptors (Lipinski definition) is 4. The lowest BCUT2D eigenvalue weighted by Crippen LogP contribution is -2.17. The molecule has 4 nitrogen and oxygen atoms in total. The molecule has 86 valence electrons. The average molecular weight is 220 g/mol. The van der Waals surface area contributed by atoms with Crippen molar-refractivity contribution in [3.63, 3.8) is 0 Å². The lowest BCUT2D eigenvalue weighted by molar-refractivity contribution is 0.329. The number of methoxy groups -OCH3 is 1. The van der Waals surface area contributed by atoms with E-state index in [1.807, 2.05) is 25.1 Å². The molecular weight excluding hydrogens is 204 g/mol. The van der Waals surface area contributed by atoms with Crippen LogP contribution in [0, 0.1) is 11.3 Å². The summed E-state index contributed by atoms with van der Waals surface area (Å²) in [6, 6.07) is 7.64. The smallest absolute Gasteiger partial charge is 0.174 e. The number of hydrogen-bond donors (Lipinski definition) is 1. The van der Waals surface area contributed by atoms with Gasteiger partial charge in [0.1, 0.15) is 6.07 Å². The van der Waals surface area contributed by atoms with Crippen molar-refractivity contribution in [2.24, 2.45) is 5.73 Å².